The average Bonchev–Trinajstić information content (AvgIpc) is 2.86. The van der Waals surface area contributed by atoms with Crippen LogP contribution >= 0.6 is 0 Å². The summed E-state index contributed by atoms with van der Waals surface area (Å²) in [5.74, 6) is -7.99. The highest BCUT2D eigenvalue weighted by atomic mass is 19.3. The SMILES string of the molecule is CCCC1(C(F)(F)OC2(F)C(F)=CC(c3ccccc3)=C(F)C2F)C=CC(c2ccccc2)=CC1. The van der Waals surface area contributed by atoms with Crippen molar-refractivity contribution in [3.05, 3.63) is 108 Å². The Balaban J connectivity index is 1.64. The molecule has 2 aliphatic rings. The largest absolute Gasteiger partial charge is 0.368 e. The molecule has 0 spiro atoms. The Labute approximate surface area is 200 Å². The third-order valence-corrected chi connectivity index (χ3v) is 6.42. The summed E-state index contributed by atoms with van der Waals surface area (Å²) in [7, 11) is 0. The Kier molecular flexibility index (Phi) is 6.82. The fraction of sp³-hybridized carbons (Fsp3) is 0.286. The molecule has 0 heterocycles. The maximum atomic E-state index is 15.6. The number of benzene rings is 2. The van der Waals surface area contributed by atoms with Crippen molar-refractivity contribution in [2.75, 3.05) is 0 Å². The number of alkyl halides is 4. The van der Waals surface area contributed by atoms with Crippen LogP contribution in [0.4, 0.5) is 26.3 Å². The van der Waals surface area contributed by atoms with E-state index in [1.54, 1.807) is 31.2 Å². The van der Waals surface area contributed by atoms with Gasteiger partial charge in [-0.15, -0.1) is 0 Å². The molecule has 3 unspecified atom stereocenters. The summed E-state index contributed by atoms with van der Waals surface area (Å²) in [6.45, 7) is 1.65. The molecule has 0 aliphatic heterocycles. The number of ether oxygens (including phenoxy) is 1. The standard InChI is InChI=1S/C28H24F6O/c1-2-15-26(16-13-20(14-17-26)19-9-5-3-6-10-19)28(33,34)35-27(32)23(29)18-22(24(30)25(27)31)21-11-7-4-8-12-21/h3-14,16,18,25H,2,15,17H2,1H3. The molecule has 4 rings (SSSR count). The Morgan fingerprint density at radius 3 is 2.11 bits per heavy atom. The second-order valence-electron chi connectivity index (χ2n) is 8.72. The first kappa shape index (κ1) is 25.0. The summed E-state index contributed by atoms with van der Waals surface area (Å²) in [5, 5.41) is 0. The van der Waals surface area contributed by atoms with E-state index in [0.29, 0.717) is 11.6 Å². The van der Waals surface area contributed by atoms with Gasteiger partial charge in [-0.25, -0.2) is 17.6 Å². The molecule has 3 atom stereocenters. The predicted octanol–water partition coefficient (Wildman–Crippen LogP) is 8.68. The molecule has 0 saturated carbocycles. The first-order valence-corrected chi connectivity index (χ1v) is 11.3. The molecular weight excluding hydrogens is 466 g/mol. The lowest BCUT2D eigenvalue weighted by molar-refractivity contribution is -0.372. The lowest BCUT2D eigenvalue weighted by Gasteiger charge is -2.42. The quantitative estimate of drug-likeness (QED) is 0.353. The lowest BCUT2D eigenvalue weighted by Crippen LogP contribution is -2.52. The first-order chi connectivity index (χ1) is 16.6. The minimum Gasteiger partial charge on any atom is -0.273 e. The van der Waals surface area contributed by atoms with Crippen molar-refractivity contribution in [3.8, 4) is 0 Å². The molecule has 0 fully saturated rings. The minimum atomic E-state index is -4.35. The highest BCUT2D eigenvalue weighted by Crippen LogP contribution is 2.54. The summed E-state index contributed by atoms with van der Waals surface area (Å²) in [6.07, 6.45) is -3.33. The van der Waals surface area contributed by atoms with Gasteiger partial charge in [0.2, 0.25) is 6.17 Å². The molecule has 1 nitrogen and oxygen atoms in total. The summed E-state index contributed by atoms with van der Waals surface area (Å²) in [6, 6.07) is 16.4. The van der Waals surface area contributed by atoms with Crippen molar-refractivity contribution in [2.24, 2.45) is 5.41 Å². The fourth-order valence-corrected chi connectivity index (χ4v) is 4.46. The molecule has 0 N–H and O–H groups in total. The molecule has 0 amide bonds. The van der Waals surface area contributed by atoms with Crippen LogP contribution in [0.15, 0.2) is 96.6 Å². The lowest BCUT2D eigenvalue weighted by atomic mass is 9.74. The van der Waals surface area contributed by atoms with E-state index < -0.39 is 40.8 Å². The Bertz CT molecular complexity index is 1180. The summed E-state index contributed by atoms with van der Waals surface area (Å²) < 4.78 is 95.5. The van der Waals surface area contributed by atoms with Crippen molar-refractivity contribution in [2.45, 2.75) is 44.3 Å². The summed E-state index contributed by atoms with van der Waals surface area (Å²) in [5.41, 5.74) is -1.08. The van der Waals surface area contributed by atoms with Crippen molar-refractivity contribution in [1.82, 2.24) is 0 Å². The van der Waals surface area contributed by atoms with Crippen molar-refractivity contribution < 1.29 is 31.1 Å². The van der Waals surface area contributed by atoms with Gasteiger partial charge in [-0.3, -0.25) is 4.74 Å². The van der Waals surface area contributed by atoms with Gasteiger partial charge in [0.25, 0.3) is 0 Å². The molecule has 0 bridgehead atoms. The smallest absolute Gasteiger partial charge is 0.273 e. The highest BCUT2D eigenvalue weighted by Gasteiger charge is 2.63. The van der Waals surface area contributed by atoms with Crippen LogP contribution < -0.4 is 0 Å². The molecule has 35 heavy (non-hydrogen) atoms. The van der Waals surface area contributed by atoms with Gasteiger partial charge in [-0.1, -0.05) is 92.2 Å². The molecule has 2 aliphatic carbocycles. The molecule has 0 radical (unpaired) electrons. The van der Waals surface area contributed by atoms with Crippen LogP contribution in [0.1, 0.15) is 37.3 Å². The monoisotopic (exact) mass is 490 g/mol. The van der Waals surface area contributed by atoms with Gasteiger partial charge in [0.15, 0.2) is 5.83 Å². The number of halogens is 6. The Hall–Kier alpha value is -3.06. The number of allylic oxidation sites excluding steroid dienone is 5. The zero-order valence-corrected chi connectivity index (χ0v) is 19.0. The van der Waals surface area contributed by atoms with E-state index in [-0.39, 0.29) is 24.8 Å². The van der Waals surface area contributed by atoms with Gasteiger partial charge in [0.05, 0.1) is 5.41 Å². The first-order valence-electron chi connectivity index (χ1n) is 11.3. The predicted molar refractivity (Wildman–Crippen MR) is 124 cm³/mol. The van der Waals surface area contributed by atoms with Gasteiger partial charge >= 0.3 is 12.0 Å². The molecule has 7 heteroatoms. The summed E-state index contributed by atoms with van der Waals surface area (Å²) in [4.78, 5) is 0. The number of hydrogen-bond donors (Lipinski definition) is 0. The molecule has 2 aromatic rings. The molecule has 184 valence electrons. The van der Waals surface area contributed by atoms with E-state index in [4.69, 9.17) is 0 Å². The van der Waals surface area contributed by atoms with Crippen molar-refractivity contribution in [3.63, 3.8) is 0 Å². The maximum Gasteiger partial charge on any atom is 0.368 e. The van der Waals surface area contributed by atoms with Gasteiger partial charge in [-0.05, 0) is 35.6 Å². The Morgan fingerprint density at radius 1 is 0.971 bits per heavy atom. The molecule has 2 aromatic carbocycles. The minimum absolute atomic E-state index is 0.0767. The van der Waals surface area contributed by atoms with Crippen LogP contribution in [0, 0.1) is 5.41 Å². The average molecular weight is 490 g/mol. The van der Waals surface area contributed by atoms with Crippen molar-refractivity contribution >= 4 is 11.1 Å². The van der Waals surface area contributed by atoms with E-state index in [9.17, 15) is 13.2 Å². The van der Waals surface area contributed by atoms with Crippen LogP contribution in [0.25, 0.3) is 11.1 Å². The molecular formula is C28H24F6O. The van der Waals surface area contributed by atoms with Crippen molar-refractivity contribution in [1.29, 1.82) is 0 Å². The van der Waals surface area contributed by atoms with Crippen LogP contribution in [0.2, 0.25) is 0 Å². The number of hydrogen-bond acceptors (Lipinski definition) is 1. The van der Waals surface area contributed by atoms with E-state index in [2.05, 4.69) is 4.74 Å². The van der Waals surface area contributed by atoms with Crippen LogP contribution in [-0.2, 0) is 4.74 Å². The van der Waals surface area contributed by atoms with Crippen LogP contribution in [-0.4, -0.2) is 18.1 Å². The summed E-state index contributed by atoms with van der Waals surface area (Å²) >= 11 is 0. The van der Waals surface area contributed by atoms with Crippen LogP contribution in [0.3, 0.4) is 0 Å². The van der Waals surface area contributed by atoms with Gasteiger partial charge in [0.1, 0.15) is 5.83 Å². The number of rotatable bonds is 7. The van der Waals surface area contributed by atoms with Gasteiger partial charge in [0, 0.05) is 5.57 Å². The maximum absolute atomic E-state index is 15.6. The highest BCUT2D eigenvalue weighted by molar-refractivity contribution is 5.78. The van der Waals surface area contributed by atoms with E-state index in [0.717, 1.165) is 5.56 Å². The fourth-order valence-electron chi connectivity index (χ4n) is 4.46. The van der Waals surface area contributed by atoms with E-state index in [1.165, 1.54) is 36.4 Å². The molecule has 0 saturated heterocycles. The Morgan fingerprint density at radius 2 is 1.57 bits per heavy atom. The van der Waals surface area contributed by atoms with Crippen LogP contribution in [0.5, 0.6) is 0 Å². The van der Waals surface area contributed by atoms with Gasteiger partial charge < -0.3 is 0 Å². The third-order valence-electron chi connectivity index (χ3n) is 6.42. The zero-order valence-electron chi connectivity index (χ0n) is 19.0. The second-order valence-corrected chi connectivity index (χ2v) is 8.72. The van der Waals surface area contributed by atoms with E-state index in [1.807, 2.05) is 18.2 Å². The van der Waals surface area contributed by atoms with Gasteiger partial charge in [-0.2, -0.15) is 8.78 Å². The third kappa shape index (κ3) is 4.49. The zero-order chi connectivity index (χ0) is 25.3. The topological polar surface area (TPSA) is 9.23 Å². The van der Waals surface area contributed by atoms with E-state index >= 15 is 13.2 Å². The molecule has 0 aromatic heterocycles. The second kappa shape index (κ2) is 9.53. The normalized spacial score (nSPS) is 27.0.